The smallest absolute Gasteiger partial charge is 0.0647 e. The third kappa shape index (κ3) is 1.76. The van der Waals surface area contributed by atoms with E-state index in [2.05, 4.69) is 20.8 Å². The van der Waals surface area contributed by atoms with E-state index in [1.807, 2.05) is 6.92 Å². The molecule has 0 bridgehead atoms. The van der Waals surface area contributed by atoms with Crippen molar-refractivity contribution in [3.63, 3.8) is 0 Å². The van der Waals surface area contributed by atoms with Crippen LogP contribution in [0.4, 0.5) is 0 Å². The quantitative estimate of drug-likeness (QED) is 0.571. The second-order valence-corrected chi connectivity index (χ2v) is 4.65. The highest BCUT2D eigenvalue weighted by atomic mass is 16.3. The first-order chi connectivity index (χ1) is 4.93. The van der Waals surface area contributed by atoms with Gasteiger partial charge in [0.05, 0.1) is 5.60 Å². The summed E-state index contributed by atoms with van der Waals surface area (Å²) in [5.74, 6) is 1.93. The molecule has 11 heavy (non-hydrogen) atoms. The molecule has 1 aliphatic rings. The summed E-state index contributed by atoms with van der Waals surface area (Å²) < 4.78 is 0. The van der Waals surface area contributed by atoms with E-state index in [0.717, 1.165) is 12.3 Å². The molecule has 1 fully saturated rings. The van der Waals surface area contributed by atoms with Gasteiger partial charge in [0.15, 0.2) is 0 Å². The Labute approximate surface area is 69.8 Å². The molecule has 1 rings (SSSR count). The molecule has 0 aliphatic heterocycles. The standard InChI is InChI=1S/C10H20O/c1-7-5-9(3)10(4,11)6-8(7)2/h7-9,11H,5-6H2,1-4H3. The molecular formula is C10H20O. The minimum atomic E-state index is -0.411. The third-order valence-electron chi connectivity index (χ3n) is 3.49. The summed E-state index contributed by atoms with van der Waals surface area (Å²) in [5.41, 5.74) is -0.411. The number of rotatable bonds is 0. The monoisotopic (exact) mass is 156 g/mol. The van der Waals surface area contributed by atoms with Gasteiger partial charge in [0, 0.05) is 0 Å². The van der Waals surface area contributed by atoms with Crippen LogP contribution in [0, 0.1) is 17.8 Å². The van der Waals surface area contributed by atoms with Crippen LogP contribution in [-0.4, -0.2) is 10.7 Å². The van der Waals surface area contributed by atoms with Gasteiger partial charge in [0.25, 0.3) is 0 Å². The summed E-state index contributed by atoms with van der Waals surface area (Å²) in [6.45, 7) is 8.66. The fourth-order valence-electron chi connectivity index (χ4n) is 2.10. The Morgan fingerprint density at radius 2 is 1.73 bits per heavy atom. The molecule has 1 heteroatoms. The van der Waals surface area contributed by atoms with Gasteiger partial charge in [0.1, 0.15) is 0 Å². The Balaban J connectivity index is 2.63. The molecular weight excluding hydrogens is 136 g/mol. The van der Waals surface area contributed by atoms with Gasteiger partial charge in [-0.3, -0.25) is 0 Å². The van der Waals surface area contributed by atoms with Gasteiger partial charge in [0.2, 0.25) is 0 Å². The minimum Gasteiger partial charge on any atom is -0.390 e. The Kier molecular flexibility index (Phi) is 2.29. The van der Waals surface area contributed by atoms with Gasteiger partial charge >= 0.3 is 0 Å². The second-order valence-electron chi connectivity index (χ2n) is 4.65. The predicted octanol–water partition coefficient (Wildman–Crippen LogP) is 2.44. The zero-order chi connectivity index (χ0) is 8.65. The van der Waals surface area contributed by atoms with Crippen LogP contribution in [0.25, 0.3) is 0 Å². The molecule has 0 saturated heterocycles. The minimum absolute atomic E-state index is 0.411. The molecule has 1 nitrogen and oxygen atoms in total. The largest absolute Gasteiger partial charge is 0.390 e. The Hall–Kier alpha value is -0.0400. The maximum Gasteiger partial charge on any atom is 0.0647 e. The zero-order valence-corrected chi connectivity index (χ0v) is 8.09. The van der Waals surface area contributed by atoms with E-state index < -0.39 is 5.60 Å². The van der Waals surface area contributed by atoms with Crippen LogP contribution in [-0.2, 0) is 0 Å². The van der Waals surface area contributed by atoms with E-state index in [-0.39, 0.29) is 0 Å². The first kappa shape index (κ1) is 9.05. The van der Waals surface area contributed by atoms with Crippen LogP contribution >= 0.6 is 0 Å². The van der Waals surface area contributed by atoms with Gasteiger partial charge < -0.3 is 5.11 Å². The van der Waals surface area contributed by atoms with Crippen molar-refractivity contribution in [3.05, 3.63) is 0 Å². The van der Waals surface area contributed by atoms with Crippen molar-refractivity contribution < 1.29 is 5.11 Å². The first-order valence-corrected chi connectivity index (χ1v) is 4.66. The van der Waals surface area contributed by atoms with Crippen molar-refractivity contribution in [2.24, 2.45) is 17.8 Å². The number of hydrogen-bond donors (Lipinski definition) is 1. The molecule has 1 N–H and O–H groups in total. The molecule has 0 aromatic carbocycles. The van der Waals surface area contributed by atoms with Crippen LogP contribution in [0.2, 0.25) is 0 Å². The lowest BCUT2D eigenvalue weighted by molar-refractivity contribution is -0.0570. The van der Waals surface area contributed by atoms with E-state index >= 15 is 0 Å². The Morgan fingerprint density at radius 1 is 1.18 bits per heavy atom. The molecule has 4 atom stereocenters. The number of aliphatic hydroxyl groups is 1. The summed E-state index contributed by atoms with van der Waals surface area (Å²) in [7, 11) is 0. The SMILES string of the molecule is CC1CC(C)C(C)(O)CC1C. The molecule has 1 aliphatic carbocycles. The summed E-state index contributed by atoms with van der Waals surface area (Å²) >= 11 is 0. The molecule has 4 unspecified atom stereocenters. The van der Waals surface area contributed by atoms with Crippen molar-refractivity contribution >= 4 is 0 Å². The summed E-state index contributed by atoms with van der Waals surface area (Å²) in [6.07, 6.45) is 2.14. The van der Waals surface area contributed by atoms with Crippen LogP contribution in [0.5, 0.6) is 0 Å². The highest BCUT2D eigenvalue weighted by Crippen LogP contribution is 2.39. The number of hydrogen-bond acceptors (Lipinski definition) is 1. The van der Waals surface area contributed by atoms with Crippen molar-refractivity contribution in [3.8, 4) is 0 Å². The molecule has 0 spiro atoms. The molecule has 0 aromatic heterocycles. The van der Waals surface area contributed by atoms with E-state index in [9.17, 15) is 5.11 Å². The molecule has 1 saturated carbocycles. The predicted molar refractivity (Wildman–Crippen MR) is 47.3 cm³/mol. The van der Waals surface area contributed by atoms with Gasteiger partial charge in [-0.2, -0.15) is 0 Å². The van der Waals surface area contributed by atoms with Crippen LogP contribution in [0.15, 0.2) is 0 Å². The Bertz CT molecular complexity index is 140. The molecule has 0 amide bonds. The van der Waals surface area contributed by atoms with E-state index in [1.54, 1.807) is 0 Å². The zero-order valence-electron chi connectivity index (χ0n) is 8.09. The fraction of sp³-hybridized carbons (Fsp3) is 1.00. The van der Waals surface area contributed by atoms with E-state index in [1.165, 1.54) is 6.42 Å². The summed E-state index contributed by atoms with van der Waals surface area (Å²) in [4.78, 5) is 0. The topological polar surface area (TPSA) is 20.2 Å². The third-order valence-corrected chi connectivity index (χ3v) is 3.49. The van der Waals surface area contributed by atoms with Crippen LogP contribution in [0.1, 0.15) is 40.5 Å². The van der Waals surface area contributed by atoms with E-state index in [0.29, 0.717) is 11.8 Å². The highest BCUT2D eigenvalue weighted by Gasteiger charge is 2.37. The van der Waals surface area contributed by atoms with Crippen LogP contribution < -0.4 is 0 Å². The molecule has 0 aromatic rings. The molecule has 66 valence electrons. The Morgan fingerprint density at radius 3 is 2.18 bits per heavy atom. The average Bonchev–Trinajstić information content (AvgIpc) is 1.83. The normalized spacial score (nSPS) is 52.6. The molecule has 0 heterocycles. The van der Waals surface area contributed by atoms with Crippen LogP contribution in [0.3, 0.4) is 0 Å². The van der Waals surface area contributed by atoms with Crippen molar-refractivity contribution in [1.29, 1.82) is 0 Å². The van der Waals surface area contributed by atoms with Crippen molar-refractivity contribution in [2.45, 2.75) is 46.1 Å². The second kappa shape index (κ2) is 2.78. The lowest BCUT2D eigenvalue weighted by Crippen LogP contribution is -2.41. The average molecular weight is 156 g/mol. The van der Waals surface area contributed by atoms with Gasteiger partial charge in [-0.25, -0.2) is 0 Å². The van der Waals surface area contributed by atoms with Gasteiger partial charge in [-0.1, -0.05) is 20.8 Å². The van der Waals surface area contributed by atoms with Gasteiger partial charge in [-0.05, 0) is 37.5 Å². The highest BCUT2D eigenvalue weighted by molar-refractivity contribution is 4.88. The first-order valence-electron chi connectivity index (χ1n) is 4.66. The lowest BCUT2D eigenvalue weighted by Gasteiger charge is -2.41. The maximum absolute atomic E-state index is 9.93. The summed E-state index contributed by atoms with van der Waals surface area (Å²) in [5, 5.41) is 9.93. The lowest BCUT2D eigenvalue weighted by atomic mass is 9.68. The van der Waals surface area contributed by atoms with Crippen molar-refractivity contribution in [1.82, 2.24) is 0 Å². The van der Waals surface area contributed by atoms with E-state index in [4.69, 9.17) is 0 Å². The maximum atomic E-state index is 9.93. The van der Waals surface area contributed by atoms with Crippen molar-refractivity contribution in [2.75, 3.05) is 0 Å². The molecule has 0 radical (unpaired) electrons. The summed E-state index contributed by atoms with van der Waals surface area (Å²) in [6, 6.07) is 0. The van der Waals surface area contributed by atoms with Gasteiger partial charge in [-0.15, -0.1) is 0 Å². The fourth-order valence-corrected chi connectivity index (χ4v) is 2.10.